The highest BCUT2D eigenvalue weighted by molar-refractivity contribution is 6.32. The lowest BCUT2D eigenvalue weighted by molar-refractivity contribution is -0.145. The number of Topliss-reactive ketones (excluding diaryl/α,β-unsaturated/α-hetero) is 1. The summed E-state index contributed by atoms with van der Waals surface area (Å²) in [5.41, 5.74) is 2.35. The van der Waals surface area contributed by atoms with Gasteiger partial charge in [-0.1, -0.05) is 72.3 Å². The molecular formula is C28H25ClN2O6. The number of urea groups is 1. The van der Waals surface area contributed by atoms with Crippen LogP contribution in [0.1, 0.15) is 34.5 Å². The van der Waals surface area contributed by atoms with Crippen LogP contribution in [-0.4, -0.2) is 38.1 Å². The Labute approximate surface area is 219 Å². The molecule has 0 unspecified atom stereocenters. The molecule has 0 aromatic heterocycles. The van der Waals surface area contributed by atoms with E-state index >= 15 is 0 Å². The molecule has 0 saturated heterocycles. The van der Waals surface area contributed by atoms with E-state index in [9.17, 15) is 14.4 Å². The fourth-order valence-corrected chi connectivity index (χ4v) is 4.29. The molecule has 2 amide bonds. The number of ether oxygens (including phenoxy) is 3. The molecular weight excluding hydrogens is 496 g/mol. The molecule has 1 atom stereocenters. The van der Waals surface area contributed by atoms with Crippen LogP contribution < -0.4 is 20.1 Å². The average Bonchev–Trinajstić information content (AvgIpc) is 2.92. The molecule has 3 aromatic rings. The minimum absolute atomic E-state index is 0.138. The van der Waals surface area contributed by atoms with Crippen molar-refractivity contribution in [3.05, 3.63) is 100 Å². The third kappa shape index (κ3) is 5.76. The van der Waals surface area contributed by atoms with Gasteiger partial charge in [-0.3, -0.25) is 4.79 Å². The van der Waals surface area contributed by atoms with Gasteiger partial charge in [0, 0.05) is 5.56 Å². The van der Waals surface area contributed by atoms with Crippen LogP contribution in [0.3, 0.4) is 0 Å². The Bertz CT molecular complexity index is 1340. The van der Waals surface area contributed by atoms with Gasteiger partial charge >= 0.3 is 12.0 Å². The van der Waals surface area contributed by atoms with Crippen molar-refractivity contribution in [1.29, 1.82) is 0 Å². The minimum atomic E-state index is -0.859. The Balaban J connectivity index is 1.83. The molecule has 9 heteroatoms. The van der Waals surface area contributed by atoms with Gasteiger partial charge in [0.2, 0.25) is 0 Å². The number of esters is 1. The topological polar surface area (TPSA) is 103 Å². The largest absolute Gasteiger partial charge is 0.493 e. The summed E-state index contributed by atoms with van der Waals surface area (Å²) in [7, 11) is 1.43. The molecule has 1 heterocycles. The number of benzene rings is 3. The zero-order valence-corrected chi connectivity index (χ0v) is 21.0. The number of hydrogen-bond donors (Lipinski definition) is 2. The zero-order valence-electron chi connectivity index (χ0n) is 20.2. The van der Waals surface area contributed by atoms with Crippen LogP contribution in [0.5, 0.6) is 11.5 Å². The molecule has 0 fully saturated rings. The van der Waals surface area contributed by atoms with Crippen LogP contribution >= 0.6 is 11.6 Å². The molecule has 2 N–H and O–H groups in total. The summed E-state index contributed by atoms with van der Waals surface area (Å²) in [4.78, 5) is 38.4. The summed E-state index contributed by atoms with van der Waals surface area (Å²) in [6.45, 7) is 1.55. The fourth-order valence-electron chi connectivity index (χ4n) is 4.02. The quantitative estimate of drug-likeness (QED) is 0.306. The van der Waals surface area contributed by atoms with E-state index in [1.165, 1.54) is 7.11 Å². The smallest absolute Gasteiger partial charge is 0.344 e. The monoisotopic (exact) mass is 520 g/mol. The molecule has 8 nitrogen and oxygen atoms in total. The first-order chi connectivity index (χ1) is 17.9. The van der Waals surface area contributed by atoms with E-state index in [0.717, 1.165) is 0 Å². The van der Waals surface area contributed by atoms with Crippen molar-refractivity contribution in [2.45, 2.75) is 13.0 Å². The van der Waals surface area contributed by atoms with Gasteiger partial charge in [-0.25, -0.2) is 9.59 Å². The van der Waals surface area contributed by atoms with Crippen LogP contribution in [-0.2, 0) is 9.53 Å². The zero-order chi connectivity index (χ0) is 26.4. The van der Waals surface area contributed by atoms with Crippen molar-refractivity contribution in [1.82, 2.24) is 10.6 Å². The second-order valence-corrected chi connectivity index (χ2v) is 8.42. The highest BCUT2D eigenvalue weighted by Crippen LogP contribution is 2.41. The Morgan fingerprint density at radius 3 is 2.32 bits per heavy atom. The lowest BCUT2D eigenvalue weighted by Gasteiger charge is -2.30. The third-order valence-electron chi connectivity index (χ3n) is 5.64. The number of carbonyl (C=O) groups is 3. The van der Waals surface area contributed by atoms with E-state index < -0.39 is 18.0 Å². The van der Waals surface area contributed by atoms with E-state index in [-0.39, 0.29) is 35.5 Å². The molecule has 0 spiro atoms. The minimum Gasteiger partial charge on any atom is -0.493 e. The Kier molecular flexibility index (Phi) is 8.10. The molecule has 1 aliphatic rings. The normalized spacial score (nSPS) is 14.9. The first-order valence-corrected chi connectivity index (χ1v) is 11.9. The van der Waals surface area contributed by atoms with Gasteiger partial charge in [0.15, 0.2) is 23.9 Å². The highest BCUT2D eigenvalue weighted by Gasteiger charge is 2.34. The van der Waals surface area contributed by atoms with E-state index in [0.29, 0.717) is 28.0 Å². The molecule has 0 bridgehead atoms. The van der Waals surface area contributed by atoms with Gasteiger partial charge in [-0.15, -0.1) is 0 Å². The van der Waals surface area contributed by atoms with Crippen molar-refractivity contribution < 1.29 is 28.6 Å². The van der Waals surface area contributed by atoms with Crippen molar-refractivity contribution in [2.24, 2.45) is 0 Å². The second kappa shape index (κ2) is 11.6. The van der Waals surface area contributed by atoms with Crippen molar-refractivity contribution in [3.63, 3.8) is 0 Å². The summed E-state index contributed by atoms with van der Waals surface area (Å²) in [6.07, 6.45) is 0. The second-order valence-electron chi connectivity index (χ2n) is 8.01. The Hall–Kier alpha value is -4.30. The van der Waals surface area contributed by atoms with Crippen LogP contribution in [0.2, 0.25) is 5.02 Å². The first-order valence-electron chi connectivity index (χ1n) is 11.6. The molecule has 37 heavy (non-hydrogen) atoms. The molecule has 3 aromatic carbocycles. The van der Waals surface area contributed by atoms with E-state index in [1.54, 1.807) is 43.3 Å². The van der Waals surface area contributed by atoms with E-state index in [4.69, 9.17) is 25.8 Å². The Morgan fingerprint density at radius 2 is 1.68 bits per heavy atom. The number of carbonyl (C=O) groups excluding carboxylic acids is 3. The summed E-state index contributed by atoms with van der Waals surface area (Å²) < 4.78 is 15.9. The SMILES string of the molecule is CCOC(=O)COc1c(Cl)cc([C@@H]2NC(=O)NC(c3ccccc3)=C2C(=O)c2ccccc2)cc1OC. The average molecular weight is 521 g/mol. The number of hydrogen-bond acceptors (Lipinski definition) is 6. The van der Waals surface area contributed by atoms with Gasteiger partial charge in [-0.2, -0.15) is 0 Å². The summed E-state index contributed by atoms with van der Waals surface area (Å²) in [5.74, 6) is -0.451. The Morgan fingerprint density at radius 1 is 1.00 bits per heavy atom. The van der Waals surface area contributed by atoms with Crippen LogP contribution in [0.25, 0.3) is 5.70 Å². The summed E-state index contributed by atoms with van der Waals surface area (Å²) in [6, 6.07) is 19.8. The summed E-state index contributed by atoms with van der Waals surface area (Å²) in [5, 5.41) is 5.78. The predicted molar refractivity (Wildman–Crippen MR) is 139 cm³/mol. The number of methoxy groups -OCH3 is 1. The third-order valence-corrected chi connectivity index (χ3v) is 5.92. The number of rotatable bonds is 9. The molecule has 0 aliphatic carbocycles. The fraction of sp³-hybridized carbons (Fsp3) is 0.179. The number of halogens is 1. The van der Waals surface area contributed by atoms with Crippen LogP contribution in [0, 0.1) is 0 Å². The van der Waals surface area contributed by atoms with Crippen LogP contribution in [0.15, 0.2) is 78.4 Å². The molecule has 0 saturated carbocycles. The van der Waals surface area contributed by atoms with Gasteiger partial charge in [0.25, 0.3) is 0 Å². The van der Waals surface area contributed by atoms with Crippen LogP contribution in [0.4, 0.5) is 4.79 Å². The number of ketones is 1. The first kappa shape index (κ1) is 25.8. The van der Waals surface area contributed by atoms with Crippen molar-refractivity contribution in [2.75, 3.05) is 20.3 Å². The summed E-state index contributed by atoms with van der Waals surface area (Å²) >= 11 is 6.54. The molecule has 4 rings (SSSR count). The maximum Gasteiger partial charge on any atom is 0.344 e. The molecule has 190 valence electrons. The van der Waals surface area contributed by atoms with E-state index in [2.05, 4.69) is 10.6 Å². The maximum absolute atomic E-state index is 13.8. The van der Waals surface area contributed by atoms with Gasteiger partial charge < -0.3 is 24.8 Å². The lowest BCUT2D eigenvalue weighted by atomic mass is 9.87. The van der Waals surface area contributed by atoms with Crippen molar-refractivity contribution >= 4 is 35.1 Å². The van der Waals surface area contributed by atoms with Gasteiger partial charge in [-0.05, 0) is 30.2 Å². The number of amides is 2. The van der Waals surface area contributed by atoms with Crippen molar-refractivity contribution in [3.8, 4) is 11.5 Å². The standard InChI is InChI=1S/C28H25ClN2O6/c1-3-36-22(32)16-37-27-20(29)14-19(15-21(27)35-2)25-23(26(33)18-12-8-5-9-13-18)24(30-28(34)31-25)17-10-6-4-7-11-17/h4-15,25H,3,16H2,1-2H3,(H2,30,31,34)/t25-/m0/s1. The number of nitrogens with one attached hydrogen (secondary N) is 2. The maximum atomic E-state index is 13.8. The van der Waals surface area contributed by atoms with Gasteiger partial charge in [0.05, 0.1) is 36.1 Å². The molecule has 0 radical (unpaired) electrons. The van der Waals surface area contributed by atoms with E-state index in [1.807, 2.05) is 36.4 Å². The lowest BCUT2D eigenvalue weighted by Crippen LogP contribution is -2.45. The highest BCUT2D eigenvalue weighted by atomic mass is 35.5. The van der Waals surface area contributed by atoms with Gasteiger partial charge in [0.1, 0.15) is 0 Å². The predicted octanol–water partition coefficient (Wildman–Crippen LogP) is 4.94. The molecule has 1 aliphatic heterocycles.